The maximum absolute atomic E-state index is 15.2. The smallest absolute Gasteiger partial charge is 0.201 e. The van der Waals surface area contributed by atoms with E-state index in [0.29, 0.717) is 23.3 Å². The van der Waals surface area contributed by atoms with Crippen LogP contribution in [0.4, 0.5) is 17.6 Å². The van der Waals surface area contributed by atoms with Crippen molar-refractivity contribution in [3.63, 3.8) is 0 Å². The molecule has 0 heterocycles. The summed E-state index contributed by atoms with van der Waals surface area (Å²) in [5.41, 5.74) is 1.10. The van der Waals surface area contributed by atoms with Crippen LogP contribution < -0.4 is 9.47 Å². The molecule has 220 valence electrons. The molecule has 3 aromatic rings. The van der Waals surface area contributed by atoms with Crippen LogP contribution in [0.5, 0.6) is 11.5 Å². The molecule has 4 rings (SSSR count). The molecule has 1 saturated carbocycles. The van der Waals surface area contributed by atoms with E-state index >= 15 is 8.78 Å². The molecule has 0 radical (unpaired) electrons. The summed E-state index contributed by atoms with van der Waals surface area (Å²) in [6.07, 6.45) is 8.68. The predicted octanol–water partition coefficient (Wildman–Crippen LogP) is 9.68. The fourth-order valence-electron chi connectivity index (χ4n) is 5.13. The number of hydrogen-bond donors (Lipinski definition) is 0. The normalized spacial score (nSPS) is 16.9. The second-order valence-corrected chi connectivity index (χ2v) is 10.5. The SMILES string of the molecule is C=CCCCOc1ccc(COc2ccc(-c3ccc(C4CCC(OCCCC)CC4)c(F)c3F)cc2)c(F)c1F. The average Bonchev–Trinajstić information content (AvgIpc) is 2.99. The molecule has 0 bridgehead atoms. The van der Waals surface area contributed by atoms with Crippen LogP contribution in [0, 0.1) is 23.3 Å². The van der Waals surface area contributed by atoms with Gasteiger partial charge in [-0.15, -0.1) is 6.58 Å². The molecule has 1 aliphatic carbocycles. The van der Waals surface area contributed by atoms with E-state index in [1.807, 2.05) is 0 Å². The molecule has 0 amide bonds. The maximum atomic E-state index is 15.2. The largest absolute Gasteiger partial charge is 0.490 e. The first-order valence-electron chi connectivity index (χ1n) is 14.5. The number of halogens is 4. The molecule has 0 atom stereocenters. The fourth-order valence-corrected chi connectivity index (χ4v) is 5.13. The first-order chi connectivity index (χ1) is 19.9. The van der Waals surface area contributed by atoms with Crippen LogP contribution in [0.2, 0.25) is 0 Å². The van der Waals surface area contributed by atoms with Gasteiger partial charge in [0.1, 0.15) is 12.4 Å². The number of hydrogen-bond acceptors (Lipinski definition) is 3. The molecule has 7 heteroatoms. The van der Waals surface area contributed by atoms with Gasteiger partial charge in [0, 0.05) is 17.7 Å². The van der Waals surface area contributed by atoms with Crippen molar-refractivity contribution in [2.24, 2.45) is 0 Å². The zero-order chi connectivity index (χ0) is 29.2. The summed E-state index contributed by atoms with van der Waals surface area (Å²) in [5, 5.41) is 0. The lowest BCUT2D eigenvalue weighted by Gasteiger charge is -2.29. The van der Waals surface area contributed by atoms with Crippen LogP contribution in [0.3, 0.4) is 0 Å². The second-order valence-electron chi connectivity index (χ2n) is 10.5. The Morgan fingerprint density at radius 3 is 2.24 bits per heavy atom. The minimum atomic E-state index is -1.06. The summed E-state index contributed by atoms with van der Waals surface area (Å²) in [7, 11) is 0. The highest BCUT2D eigenvalue weighted by Crippen LogP contribution is 2.38. The molecule has 1 aliphatic rings. The van der Waals surface area contributed by atoms with E-state index in [9.17, 15) is 8.78 Å². The number of rotatable bonds is 14. The topological polar surface area (TPSA) is 27.7 Å². The zero-order valence-corrected chi connectivity index (χ0v) is 23.6. The van der Waals surface area contributed by atoms with Gasteiger partial charge in [0.15, 0.2) is 23.2 Å². The molecule has 0 aromatic heterocycles. The predicted molar refractivity (Wildman–Crippen MR) is 153 cm³/mol. The van der Waals surface area contributed by atoms with Crippen LogP contribution in [0.15, 0.2) is 61.2 Å². The van der Waals surface area contributed by atoms with Crippen molar-refractivity contribution < 1.29 is 31.8 Å². The Balaban J connectivity index is 1.35. The third kappa shape index (κ3) is 7.91. The monoisotopic (exact) mass is 570 g/mol. The Morgan fingerprint density at radius 2 is 1.54 bits per heavy atom. The third-order valence-corrected chi connectivity index (χ3v) is 7.57. The van der Waals surface area contributed by atoms with Crippen molar-refractivity contribution in [1.29, 1.82) is 0 Å². The minimum absolute atomic E-state index is 0.0246. The van der Waals surface area contributed by atoms with Crippen molar-refractivity contribution in [3.8, 4) is 22.6 Å². The highest BCUT2D eigenvalue weighted by atomic mass is 19.2. The first-order valence-corrected chi connectivity index (χ1v) is 14.5. The lowest BCUT2D eigenvalue weighted by molar-refractivity contribution is 0.0230. The first kappa shape index (κ1) is 30.6. The lowest BCUT2D eigenvalue weighted by Crippen LogP contribution is -2.22. The summed E-state index contributed by atoms with van der Waals surface area (Å²) < 4.78 is 76.1. The van der Waals surface area contributed by atoms with Gasteiger partial charge in [0.05, 0.1) is 12.7 Å². The number of allylic oxidation sites excluding steroid dienone is 1. The van der Waals surface area contributed by atoms with E-state index in [1.54, 1.807) is 42.5 Å². The van der Waals surface area contributed by atoms with Crippen molar-refractivity contribution in [2.45, 2.75) is 76.9 Å². The summed E-state index contributed by atoms with van der Waals surface area (Å²) in [5.74, 6) is -3.56. The number of benzene rings is 3. The highest BCUT2D eigenvalue weighted by Gasteiger charge is 2.27. The summed E-state index contributed by atoms with van der Waals surface area (Å²) >= 11 is 0. The Morgan fingerprint density at radius 1 is 0.780 bits per heavy atom. The van der Waals surface area contributed by atoms with Gasteiger partial charge in [0.25, 0.3) is 0 Å². The average molecular weight is 571 g/mol. The molecular formula is C34H38F4O3. The van der Waals surface area contributed by atoms with Crippen molar-refractivity contribution in [2.75, 3.05) is 13.2 Å². The third-order valence-electron chi connectivity index (χ3n) is 7.57. The summed E-state index contributed by atoms with van der Waals surface area (Å²) in [4.78, 5) is 0. The summed E-state index contributed by atoms with van der Waals surface area (Å²) in [6, 6.07) is 12.5. The van der Waals surface area contributed by atoms with Gasteiger partial charge in [-0.25, -0.2) is 13.2 Å². The number of unbranched alkanes of at least 4 members (excludes halogenated alkanes) is 2. The van der Waals surface area contributed by atoms with Gasteiger partial charge in [-0.1, -0.05) is 43.7 Å². The molecule has 41 heavy (non-hydrogen) atoms. The molecule has 3 aromatic carbocycles. The zero-order valence-electron chi connectivity index (χ0n) is 23.6. The maximum Gasteiger partial charge on any atom is 0.201 e. The van der Waals surface area contributed by atoms with Gasteiger partial charge in [0.2, 0.25) is 5.82 Å². The molecule has 0 saturated heterocycles. The summed E-state index contributed by atoms with van der Waals surface area (Å²) in [6.45, 7) is 6.54. The van der Waals surface area contributed by atoms with Gasteiger partial charge in [-0.3, -0.25) is 0 Å². The molecule has 1 fully saturated rings. The minimum Gasteiger partial charge on any atom is -0.490 e. The second kappa shape index (κ2) is 15.1. The Hall–Kier alpha value is -3.32. The van der Waals surface area contributed by atoms with Gasteiger partial charge in [-0.2, -0.15) is 4.39 Å². The van der Waals surface area contributed by atoms with Crippen LogP contribution in [0.1, 0.15) is 75.3 Å². The fraction of sp³-hybridized carbons (Fsp3) is 0.412. The van der Waals surface area contributed by atoms with Crippen molar-refractivity contribution in [3.05, 3.63) is 95.6 Å². The lowest BCUT2D eigenvalue weighted by atomic mass is 9.82. The van der Waals surface area contributed by atoms with E-state index in [0.717, 1.165) is 51.6 Å². The van der Waals surface area contributed by atoms with E-state index in [-0.39, 0.29) is 42.1 Å². The van der Waals surface area contributed by atoms with E-state index < -0.39 is 23.3 Å². The van der Waals surface area contributed by atoms with Gasteiger partial charge in [-0.05, 0) is 86.3 Å². The van der Waals surface area contributed by atoms with Crippen LogP contribution in [-0.4, -0.2) is 19.3 Å². The van der Waals surface area contributed by atoms with Crippen LogP contribution in [-0.2, 0) is 11.3 Å². The van der Waals surface area contributed by atoms with Gasteiger partial charge < -0.3 is 14.2 Å². The van der Waals surface area contributed by atoms with Crippen LogP contribution in [0.25, 0.3) is 11.1 Å². The molecule has 0 aliphatic heterocycles. The molecule has 0 spiro atoms. The molecular weight excluding hydrogens is 532 g/mol. The Kier molecular flexibility index (Phi) is 11.3. The molecule has 3 nitrogen and oxygen atoms in total. The molecule has 0 unspecified atom stereocenters. The molecule has 0 N–H and O–H groups in total. The van der Waals surface area contributed by atoms with E-state index in [1.165, 1.54) is 12.1 Å². The Bertz CT molecular complexity index is 1280. The van der Waals surface area contributed by atoms with Crippen LogP contribution >= 0.6 is 0 Å². The number of ether oxygens (including phenoxy) is 3. The van der Waals surface area contributed by atoms with E-state index in [2.05, 4.69) is 13.5 Å². The quantitative estimate of drug-likeness (QED) is 0.110. The van der Waals surface area contributed by atoms with Crippen molar-refractivity contribution >= 4 is 0 Å². The Labute approximate surface area is 240 Å². The van der Waals surface area contributed by atoms with Gasteiger partial charge >= 0.3 is 0 Å². The highest BCUT2D eigenvalue weighted by molar-refractivity contribution is 5.65. The van der Waals surface area contributed by atoms with E-state index in [4.69, 9.17) is 14.2 Å². The standard InChI is InChI=1S/C34H38F4O3/c1-3-5-7-21-40-30-19-12-25(31(35)34(30)38)22-41-27-15-10-24(11-16-27)29-18-17-28(32(36)33(29)37)23-8-13-26(14-9-23)39-20-6-4-2/h3,10-12,15-19,23,26H,1,4-9,13-14,20-22H2,2H3. The van der Waals surface area contributed by atoms with Crippen molar-refractivity contribution in [1.82, 2.24) is 0 Å².